The van der Waals surface area contributed by atoms with Crippen molar-refractivity contribution >= 4 is 5.91 Å². The topological polar surface area (TPSA) is 195 Å². The summed E-state index contributed by atoms with van der Waals surface area (Å²) in [5.41, 5.74) is 11.9. The Morgan fingerprint density at radius 3 is 1.93 bits per heavy atom. The average Bonchev–Trinajstić information content (AvgIpc) is 3.37. The summed E-state index contributed by atoms with van der Waals surface area (Å²) >= 11 is 0. The Balaban J connectivity index is 1.07. The summed E-state index contributed by atoms with van der Waals surface area (Å²) in [5.74, 6) is 4.56. The zero-order valence-electron chi connectivity index (χ0n) is 41.1. The Kier molecular flexibility index (Phi) is 25.1. The molecule has 3 atom stereocenters. The van der Waals surface area contributed by atoms with Crippen LogP contribution in [0.2, 0.25) is 0 Å². The molecule has 0 saturated heterocycles. The largest absolute Gasteiger partial charge is 0.493 e. The van der Waals surface area contributed by atoms with E-state index in [2.05, 4.69) is 19.2 Å². The van der Waals surface area contributed by atoms with Crippen LogP contribution in [0, 0.1) is 17.8 Å². The second-order valence-electron chi connectivity index (χ2n) is 18.6. The van der Waals surface area contributed by atoms with Crippen molar-refractivity contribution in [3.8, 4) is 28.7 Å². The molecule has 0 aliphatic heterocycles. The van der Waals surface area contributed by atoms with Crippen LogP contribution < -0.4 is 40.5 Å². The standard InChI is InChI=1S/C54H83N3O11/c1-3-41(4-2)34-64-48-19-12-20-49(32-48)67-38-46(56)37-62-27-25-61-26-28-63-39-53(59)57-24-21-52(44-17-11-18-47(29-44)65-35-42-13-7-5-8-14-42)68-51-31-45(54(60,40-58)22-23-55)30-50(33-51)66-36-43-15-9-6-10-16-43/h11-12,17-20,29-33,41-43,46,52,58,60H,3-10,13-16,21-28,34-40,55-56H2,1-2H3,(H,57,59). The Morgan fingerprint density at radius 2 is 1.28 bits per heavy atom. The van der Waals surface area contributed by atoms with E-state index < -0.39 is 18.3 Å². The van der Waals surface area contributed by atoms with Crippen molar-refractivity contribution < 1.29 is 52.9 Å². The van der Waals surface area contributed by atoms with E-state index in [4.69, 9.17) is 49.4 Å². The highest BCUT2D eigenvalue weighted by atomic mass is 16.5. The maximum atomic E-state index is 12.9. The summed E-state index contributed by atoms with van der Waals surface area (Å²) in [6, 6.07) is 20.6. The lowest BCUT2D eigenvalue weighted by Crippen LogP contribution is -2.33. The number of carbonyl (C=O) groups excluding carboxylic acids is 1. The fourth-order valence-corrected chi connectivity index (χ4v) is 8.72. The van der Waals surface area contributed by atoms with Crippen molar-refractivity contribution in [3.63, 3.8) is 0 Å². The van der Waals surface area contributed by atoms with Crippen molar-refractivity contribution in [2.45, 2.75) is 121 Å². The van der Waals surface area contributed by atoms with Crippen LogP contribution in [-0.2, 0) is 24.6 Å². The first-order valence-corrected chi connectivity index (χ1v) is 25.5. The zero-order chi connectivity index (χ0) is 48.2. The summed E-state index contributed by atoms with van der Waals surface area (Å²) in [7, 11) is 0. The lowest BCUT2D eigenvalue weighted by molar-refractivity contribution is -0.126. The quantitative estimate of drug-likeness (QED) is 0.0362. The van der Waals surface area contributed by atoms with Gasteiger partial charge in [-0.25, -0.2) is 0 Å². The number of benzene rings is 3. The number of amides is 1. The normalized spacial score (nSPS) is 16.5. The first kappa shape index (κ1) is 54.8. The van der Waals surface area contributed by atoms with E-state index in [0.717, 1.165) is 42.7 Å². The van der Waals surface area contributed by atoms with E-state index >= 15 is 0 Å². The van der Waals surface area contributed by atoms with Gasteiger partial charge in [0, 0.05) is 25.1 Å². The number of rotatable bonds is 34. The van der Waals surface area contributed by atoms with Crippen LogP contribution in [0.25, 0.3) is 0 Å². The van der Waals surface area contributed by atoms with Gasteiger partial charge in [0.15, 0.2) is 0 Å². The van der Waals surface area contributed by atoms with Gasteiger partial charge in [0.05, 0.1) is 65.5 Å². The third kappa shape index (κ3) is 20.1. The number of aliphatic hydroxyl groups excluding tert-OH is 1. The molecule has 380 valence electrons. The lowest BCUT2D eigenvalue weighted by atomic mass is 9.90. The van der Waals surface area contributed by atoms with Gasteiger partial charge in [-0.05, 0) is 104 Å². The highest BCUT2D eigenvalue weighted by Crippen LogP contribution is 2.36. The molecule has 1 amide bonds. The van der Waals surface area contributed by atoms with E-state index in [1.54, 1.807) is 12.1 Å². The highest BCUT2D eigenvalue weighted by Gasteiger charge is 2.30. The predicted octanol–water partition coefficient (Wildman–Crippen LogP) is 8.03. The van der Waals surface area contributed by atoms with Gasteiger partial charge in [0.2, 0.25) is 5.91 Å². The molecule has 0 bridgehead atoms. The molecule has 2 saturated carbocycles. The first-order valence-electron chi connectivity index (χ1n) is 25.5. The Morgan fingerprint density at radius 1 is 0.706 bits per heavy atom. The average molecular weight is 950 g/mol. The molecule has 2 fully saturated rings. The third-order valence-corrected chi connectivity index (χ3v) is 13.1. The molecule has 3 aromatic rings. The fraction of sp³-hybridized carbons (Fsp3) is 0.648. The number of aliphatic hydroxyl groups is 2. The van der Waals surface area contributed by atoms with Crippen LogP contribution in [-0.4, -0.2) is 108 Å². The summed E-state index contributed by atoms with van der Waals surface area (Å²) in [6.45, 7) is 8.02. The second-order valence-corrected chi connectivity index (χ2v) is 18.6. The SMILES string of the molecule is CCC(CC)COc1cccc(OCC(N)COCCOCCOCC(=O)NCCC(Oc2cc(OCC3CCCCC3)cc(C(O)(CO)CCN)c2)c2cccc(OCC3CCCCC3)c2)c1. The van der Waals surface area contributed by atoms with Gasteiger partial charge in [-0.1, -0.05) is 83.4 Å². The summed E-state index contributed by atoms with van der Waals surface area (Å²) < 4.78 is 48.2. The van der Waals surface area contributed by atoms with Gasteiger partial charge >= 0.3 is 0 Å². The van der Waals surface area contributed by atoms with Gasteiger partial charge in [-0.2, -0.15) is 0 Å². The van der Waals surface area contributed by atoms with Crippen LogP contribution in [0.5, 0.6) is 28.7 Å². The summed E-state index contributed by atoms with van der Waals surface area (Å²) in [5, 5.41) is 24.8. The number of nitrogens with two attached hydrogens (primary N) is 2. The van der Waals surface area contributed by atoms with Gasteiger partial charge in [-0.3, -0.25) is 4.79 Å². The molecule has 68 heavy (non-hydrogen) atoms. The Labute approximate surface area is 406 Å². The minimum atomic E-state index is -1.58. The molecule has 0 spiro atoms. The predicted molar refractivity (Wildman–Crippen MR) is 265 cm³/mol. The molecule has 2 aliphatic carbocycles. The molecular weight excluding hydrogens is 867 g/mol. The van der Waals surface area contributed by atoms with Crippen molar-refractivity contribution in [1.29, 1.82) is 0 Å². The molecule has 0 radical (unpaired) electrons. The van der Waals surface area contributed by atoms with E-state index in [1.165, 1.54) is 51.4 Å². The van der Waals surface area contributed by atoms with Crippen molar-refractivity contribution in [2.75, 3.05) is 85.8 Å². The summed E-state index contributed by atoms with van der Waals surface area (Å²) in [6.07, 6.45) is 14.3. The molecule has 14 nitrogen and oxygen atoms in total. The summed E-state index contributed by atoms with van der Waals surface area (Å²) in [4.78, 5) is 12.9. The molecule has 0 aromatic heterocycles. The number of ether oxygens (including phenoxy) is 8. The first-order chi connectivity index (χ1) is 33.2. The molecule has 0 heterocycles. The van der Waals surface area contributed by atoms with E-state index in [1.807, 2.05) is 54.6 Å². The number of hydrogen-bond donors (Lipinski definition) is 5. The molecule has 14 heteroatoms. The van der Waals surface area contributed by atoms with Gasteiger partial charge in [0.25, 0.3) is 0 Å². The zero-order valence-corrected chi connectivity index (χ0v) is 41.1. The van der Waals surface area contributed by atoms with Crippen LogP contribution in [0.1, 0.15) is 121 Å². The van der Waals surface area contributed by atoms with E-state index in [-0.39, 0.29) is 38.1 Å². The number of nitrogens with one attached hydrogen (secondary N) is 1. The van der Waals surface area contributed by atoms with Crippen molar-refractivity contribution in [2.24, 2.45) is 29.2 Å². The molecule has 3 unspecified atom stereocenters. The van der Waals surface area contributed by atoms with Gasteiger partial charge < -0.3 is 64.9 Å². The van der Waals surface area contributed by atoms with Crippen LogP contribution in [0.3, 0.4) is 0 Å². The number of hydrogen-bond acceptors (Lipinski definition) is 13. The van der Waals surface area contributed by atoms with E-state index in [9.17, 15) is 15.0 Å². The van der Waals surface area contributed by atoms with Crippen LogP contribution in [0.15, 0.2) is 66.7 Å². The maximum Gasteiger partial charge on any atom is 0.246 e. The molecule has 5 rings (SSSR count). The van der Waals surface area contributed by atoms with Gasteiger partial charge in [-0.15, -0.1) is 0 Å². The maximum absolute atomic E-state index is 12.9. The van der Waals surface area contributed by atoms with Crippen LogP contribution in [0.4, 0.5) is 0 Å². The molecule has 2 aliphatic rings. The second kappa shape index (κ2) is 31.2. The molecule has 3 aromatic carbocycles. The molecular formula is C54H83N3O11. The minimum Gasteiger partial charge on any atom is -0.493 e. The van der Waals surface area contributed by atoms with E-state index in [0.29, 0.717) is 106 Å². The fourth-order valence-electron chi connectivity index (χ4n) is 8.72. The highest BCUT2D eigenvalue weighted by molar-refractivity contribution is 5.77. The number of carbonyl (C=O) groups is 1. The Bertz CT molecular complexity index is 1840. The lowest BCUT2D eigenvalue weighted by Gasteiger charge is -2.28. The Hall–Kier alpha value is -4.15. The molecule has 7 N–H and O–H groups in total. The van der Waals surface area contributed by atoms with Crippen molar-refractivity contribution in [3.05, 3.63) is 77.9 Å². The monoisotopic (exact) mass is 950 g/mol. The minimum absolute atomic E-state index is 0.123. The van der Waals surface area contributed by atoms with Gasteiger partial charge in [0.1, 0.15) is 53.7 Å². The van der Waals surface area contributed by atoms with Crippen LogP contribution >= 0.6 is 0 Å². The third-order valence-electron chi connectivity index (χ3n) is 13.1. The van der Waals surface area contributed by atoms with Crippen molar-refractivity contribution in [1.82, 2.24) is 5.32 Å². The smallest absolute Gasteiger partial charge is 0.246 e.